The van der Waals surface area contributed by atoms with E-state index in [1.54, 1.807) is 11.3 Å². The van der Waals surface area contributed by atoms with Crippen LogP contribution in [-0.4, -0.2) is 4.98 Å². The number of nitrogens with zero attached hydrogens (tertiary/aromatic N) is 1. The van der Waals surface area contributed by atoms with Crippen LogP contribution in [0.15, 0.2) is 29.8 Å². The van der Waals surface area contributed by atoms with Crippen LogP contribution in [0.5, 0.6) is 0 Å². The van der Waals surface area contributed by atoms with Crippen LogP contribution in [0.25, 0.3) is 0 Å². The van der Waals surface area contributed by atoms with Crippen molar-refractivity contribution in [2.24, 2.45) is 0 Å². The van der Waals surface area contributed by atoms with Crippen LogP contribution in [-0.2, 0) is 19.5 Å². The van der Waals surface area contributed by atoms with Crippen molar-refractivity contribution in [2.45, 2.75) is 33.4 Å². The maximum Gasteiger partial charge on any atom is 0.0798 e. The van der Waals surface area contributed by atoms with Crippen molar-refractivity contribution in [1.82, 2.24) is 10.3 Å². The molecule has 0 saturated heterocycles. The van der Waals surface area contributed by atoms with Gasteiger partial charge in [0.25, 0.3) is 0 Å². The molecular formula is C14H18N2S. The Morgan fingerprint density at radius 2 is 1.94 bits per heavy atom. The molecule has 0 spiro atoms. The number of rotatable bonds is 5. The van der Waals surface area contributed by atoms with Crippen LogP contribution < -0.4 is 5.32 Å². The third-order valence-corrected chi connectivity index (χ3v) is 3.88. The number of hydrogen-bond acceptors (Lipinski definition) is 3. The lowest BCUT2D eigenvalue weighted by atomic mass is 10.1. The Labute approximate surface area is 107 Å². The van der Waals surface area contributed by atoms with Crippen LogP contribution in [0.2, 0.25) is 0 Å². The van der Waals surface area contributed by atoms with Crippen LogP contribution in [0, 0.1) is 6.92 Å². The van der Waals surface area contributed by atoms with E-state index in [0.29, 0.717) is 0 Å². The fourth-order valence-corrected chi connectivity index (χ4v) is 2.63. The first-order valence-corrected chi connectivity index (χ1v) is 6.85. The van der Waals surface area contributed by atoms with E-state index < -0.39 is 0 Å². The quantitative estimate of drug-likeness (QED) is 0.875. The van der Waals surface area contributed by atoms with Gasteiger partial charge in [0.15, 0.2) is 0 Å². The second-order valence-electron chi connectivity index (χ2n) is 4.09. The average molecular weight is 246 g/mol. The minimum absolute atomic E-state index is 0.911. The number of aromatic nitrogens is 1. The van der Waals surface area contributed by atoms with E-state index in [1.165, 1.54) is 16.0 Å². The zero-order chi connectivity index (χ0) is 12.1. The standard InChI is InChI=1S/C14H18N2S/c1-3-12-6-4-5-7-13(12)8-15-9-14-11(2)16-10-17-14/h4-7,10,15H,3,8-9H2,1-2H3. The van der Waals surface area contributed by atoms with Crippen LogP contribution in [0.1, 0.15) is 28.6 Å². The zero-order valence-corrected chi connectivity index (χ0v) is 11.2. The van der Waals surface area contributed by atoms with Crippen molar-refractivity contribution in [2.75, 3.05) is 0 Å². The van der Waals surface area contributed by atoms with Gasteiger partial charge in [0, 0.05) is 18.0 Å². The average Bonchev–Trinajstić information content (AvgIpc) is 2.76. The van der Waals surface area contributed by atoms with Gasteiger partial charge in [-0.2, -0.15) is 0 Å². The third-order valence-electron chi connectivity index (χ3n) is 2.95. The van der Waals surface area contributed by atoms with Crippen molar-refractivity contribution >= 4 is 11.3 Å². The van der Waals surface area contributed by atoms with E-state index >= 15 is 0 Å². The first-order chi connectivity index (χ1) is 8.31. The Hall–Kier alpha value is -1.19. The second kappa shape index (κ2) is 5.94. The van der Waals surface area contributed by atoms with Gasteiger partial charge in [-0.15, -0.1) is 11.3 Å². The molecule has 90 valence electrons. The number of hydrogen-bond donors (Lipinski definition) is 1. The molecule has 0 radical (unpaired) electrons. The van der Waals surface area contributed by atoms with Gasteiger partial charge in [0.2, 0.25) is 0 Å². The van der Waals surface area contributed by atoms with Gasteiger partial charge in [-0.25, -0.2) is 4.98 Å². The fourth-order valence-electron chi connectivity index (χ4n) is 1.88. The number of nitrogens with one attached hydrogen (secondary N) is 1. The van der Waals surface area contributed by atoms with Gasteiger partial charge in [-0.3, -0.25) is 0 Å². The molecule has 0 atom stereocenters. The molecule has 0 bridgehead atoms. The summed E-state index contributed by atoms with van der Waals surface area (Å²) in [5, 5.41) is 3.49. The summed E-state index contributed by atoms with van der Waals surface area (Å²) < 4.78 is 0. The largest absolute Gasteiger partial charge is 0.308 e. The molecule has 0 aliphatic rings. The summed E-state index contributed by atoms with van der Waals surface area (Å²) in [7, 11) is 0. The Kier molecular flexibility index (Phi) is 4.29. The van der Waals surface area contributed by atoms with Crippen molar-refractivity contribution < 1.29 is 0 Å². The monoisotopic (exact) mass is 246 g/mol. The normalized spacial score (nSPS) is 10.7. The van der Waals surface area contributed by atoms with Crippen molar-refractivity contribution in [1.29, 1.82) is 0 Å². The second-order valence-corrected chi connectivity index (χ2v) is 5.03. The SMILES string of the molecule is CCc1ccccc1CNCc1scnc1C. The van der Waals surface area contributed by atoms with Gasteiger partial charge in [0.1, 0.15) is 0 Å². The topological polar surface area (TPSA) is 24.9 Å². The lowest BCUT2D eigenvalue weighted by Gasteiger charge is -2.08. The van der Waals surface area contributed by atoms with E-state index in [-0.39, 0.29) is 0 Å². The third kappa shape index (κ3) is 3.14. The molecule has 0 aliphatic carbocycles. The van der Waals surface area contributed by atoms with Crippen molar-refractivity contribution in [3.05, 3.63) is 51.5 Å². The number of aryl methyl sites for hydroxylation is 2. The van der Waals surface area contributed by atoms with E-state index in [1.807, 2.05) is 5.51 Å². The van der Waals surface area contributed by atoms with Gasteiger partial charge < -0.3 is 5.32 Å². The van der Waals surface area contributed by atoms with Gasteiger partial charge in [-0.05, 0) is 24.5 Å². The molecule has 17 heavy (non-hydrogen) atoms. The highest BCUT2D eigenvalue weighted by molar-refractivity contribution is 7.09. The highest BCUT2D eigenvalue weighted by Gasteiger charge is 2.02. The summed E-state index contributed by atoms with van der Waals surface area (Å²) >= 11 is 1.72. The Balaban J connectivity index is 1.92. The first-order valence-electron chi connectivity index (χ1n) is 5.97. The van der Waals surface area contributed by atoms with E-state index in [9.17, 15) is 0 Å². The van der Waals surface area contributed by atoms with Gasteiger partial charge in [0.05, 0.1) is 11.2 Å². The van der Waals surface area contributed by atoms with E-state index in [0.717, 1.165) is 25.2 Å². The van der Waals surface area contributed by atoms with Crippen LogP contribution in [0.3, 0.4) is 0 Å². The molecular weight excluding hydrogens is 228 g/mol. The molecule has 0 fully saturated rings. The highest BCUT2D eigenvalue weighted by Crippen LogP contribution is 2.13. The molecule has 1 N–H and O–H groups in total. The molecule has 0 aliphatic heterocycles. The number of thiazole rings is 1. The Morgan fingerprint density at radius 3 is 2.59 bits per heavy atom. The predicted molar refractivity (Wildman–Crippen MR) is 73.2 cm³/mol. The number of benzene rings is 1. The first kappa shape index (κ1) is 12.3. The lowest BCUT2D eigenvalue weighted by molar-refractivity contribution is 0.692. The van der Waals surface area contributed by atoms with Crippen LogP contribution in [0.4, 0.5) is 0 Å². The van der Waals surface area contributed by atoms with Gasteiger partial charge >= 0.3 is 0 Å². The zero-order valence-electron chi connectivity index (χ0n) is 10.4. The van der Waals surface area contributed by atoms with Crippen LogP contribution >= 0.6 is 11.3 Å². The molecule has 2 aromatic rings. The molecule has 2 rings (SSSR count). The van der Waals surface area contributed by atoms with E-state index in [4.69, 9.17) is 0 Å². The summed E-state index contributed by atoms with van der Waals surface area (Å²) in [5.41, 5.74) is 5.89. The smallest absolute Gasteiger partial charge is 0.0798 e. The van der Waals surface area contributed by atoms with Crippen molar-refractivity contribution in [3.63, 3.8) is 0 Å². The predicted octanol–water partition coefficient (Wildman–Crippen LogP) is 3.30. The molecule has 1 aromatic carbocycles. The lowest BCUT2D eigenvalue weighted by Crippen LogP contribution is -2.13. The summed E-state index contributed by atoms with van der Waals surface area (Å²) in [6.07, 6.45) is 1.09. The minimum Gasteiger partial charge on any atom is -0.308 e. The van der Waals surface area contributed by atoms with E-state index in [2.05, 4.69) is 48.4 Å². The molecule has 0 amide bonds. The highest BCUT2D eigenvalue weighted by atomic mass is 32.1. The molecule has 0 saturated carbocycles. The van der Waals surface area contributed by atoms with Crippen molar-refractivity contribution in [3.8, 4) is 0 Å². The molecule has 1 heterocycles. The summed E-state index contributed by atoms with van der Waals surface area (Å²) in [6.45, 7) is 6.11. The molecule has 1 aromatic heterocycles. The maximum atomic E-state index is 4.25. The maximum absolute atomic E-state index is 4.25. The molecule has 0 unspecified atom stereocenters. The summed E-state index contributed by atoms with van der Waals surface area (Å²) in [5.74, 6) is 0. The Morgan fingerprint density at radius 1 is 1.18 bits per heavy atom. The fraction of sp³-hybridized carbons (Fsp3) is 0.357. The minimum atomic E-state index is 0.911. The summed E-state index contributed by atoms with van der Waals surface area (Å²) in [4.78, 5) is 5.59. The molecule has 2 nitrogen and oxygen atoms in total. The Bertz CT molecular complexity index is 477. The summed E-state index contributed by atoms with van der Waals surface area (Å²) in [6, 6.07) is 8.62. The van der Waals surface area contributed by atoms with Gasteiger partial charge in [-0.1, -0.05) is 31.2 Å². The molecule has 3 heteroatoms.